The zero-order valence-corrected chi connectivity index (χ0v) is 7.29. The molecule has 1 aliphatic rings. The lowest BCUT2D eigenvalue weighted by atomic mass is 9.98. The van der Waals surface area contributed by atoms with Gasteiger partial charge in [-0.2, -0.15) is 0 Å². The van der Waals surface area contributed by atoms with Crippen LogP contribution < -0.4 is 5.32 Å². The van der Waals surface area contributed by atoms with Crippen LogP contribution in [0.3, 0.4) is 0 Å². The van der Waals surface area contributed by atoms with Gasteiger partial charge in [-0.1, -0.05) is 6.92 Å². The normalized spacial score (nSPS) is 28.3. The summed E-state index contributed by atoms with van der Waals surface area (Å²) in [7, 11) is 0. The molecule has 0 radical (unpaired) electrons. The molecule has 12 heavy (non-hydrogen) atoms. The molecule has 1 amide bonds. The monoisotopic (exact) mass is 171 g/mol. The molecule has 0 aromatic rings. The van der Waals surface area contributed by atoms with E-state index in [1.54, 1.807) is 6.92 Å². The van der Waals surface area contributed by atoms with Gasteiger partial charge in [0.15, 0.2) is 0 Å². The summed E-state index contributed by atoms with van der Waals surface area (Å²) in [6.45, 7) is 4.49. The Morgan fingerprint density at radius 1 is 1.75 bits per heavy atom. The van der Waals surface area contributed by atoms with Gasteiger partial charge in [-0.25, -0.2) is 0 Å². The van der Waals surface area contributed by atoms with Crippen LogP contribution in [0.25, 0.3) is 0 Å². The number of amides is 1. The third-order valence-electron chi connectivity index (χ3n) is 1.99. The van der Waals surface area contributed by atoms with E-state index in [1.165, 1.54) is 0 Å². The molecule has 2 atom stereocenters. The standard InChI is InChI=1S/C8H13NO3/c1-3-12-8(11)6-5(2)4-9-7(6)10/h5-6H,3-4H2,1-2H3,(H,9,10)/t5-,6+/m0/s1. The van der Waals surface area contributed by atoms with Crippen molar-refractivity contribution < 1.29 is 14.3 Å². The zero-order chi connectivity index (χ0) is 9.14. The predicted molar refractivity (Wildman–Crippen MR) is 42.3 cm³/mol. The van der Waals surface area contributed by atoms with E-state index in [0.717, 1.165) is 0 Å². The fourth-order valence-electron chi connectivity index (χ4n) is 1.32. The van der Waals surface area contributed by atoms with E-state index < -0.39 is 11.9 Å². The summed E-state index contributed by atoms with van der Waals surface area (Å²) in [5.41, 5.74) is 0. The second-order valence-electron chi connectivity index (χ2n) is 2.95. The summed E-state index contributed by atoms with van der Waals surface area (Å²) in [5, 5.41) is 2.62. The van der Waals surface area contributed by atoms with Gasteiger partial charge < -0.3 is 10.1 Å². The summed E-state index contributed by atoms with van der Waals surface area (Å²) in [6.07, 6.45) is 0. The van der Waals surface area contributed by atoms with Crippen molar-refractivity contribution in [3.05, 3.63) is 0 Å². The molecule has 1 saturated heterocycles. The molecule has 0 saturated carbocycles. The number of rotatable bonds is 2. The molecule has 0 aromatic carbocycles. The topological polar surface area (TPSA) is 55.4 Å². The van der Waals surface area contributed by atoms with Crippen LogP contribution in [0.15, 0.2) is 0 Å². The average molecular weight is 171 g/mol. The molecule has 0 unspecified atom stereocenters. The number of carbonyl (C=O) groups excluding carboxylic acids is 2. The van der Waals surface area contributed by atoms with Crippen LogP contribution >= 0.6 is 0 Å². The predicted octanol–water partition coefficient (Wildman–Crippen LogP) is -0.0684. The van der Waals surface area contributed by atoms with Gasteiger partial charge in [0.2, 0.25) is 5.91 Å². The van der Waals surface area contributed by atoms with Crippen LogP contribution in [0.1, 0.15) is 13.8 Å². The quantitative estimate of drug-likeness (QED) is 0.467. The van der Waals surface area contributed by atoms with E-state index in [0.29, 0.717) is 13.2 Å². The first kappa shape index (κ1) is 9.03. The van der Waals surface area contributed by atoms with E-state index in [9.17, 15) is 9.59 Å². The molecule has 0 aliphatic carbocycles. The highest BCUT2D eigenvalue weighted by Gasteiger charge is 2.38. The smallest absolute Gasteiger partial charge is 0.318 e. The Morgan fingerprint density at radius 3 is 2.83 bits per heavy atom. The zero-order valence-electron chi connectivity index (χ0n) is 7.29. The highest BCUT2D eigenvalue weighted by atomic mass is 16.5. The molecule has 4 nitrogen and oxygen atoms in total. The maximum Gasteiger partial charge on any atom is 0.318 e. The van der Waals surface area contributed by atoms with Gasteiger partial charge in [-0.15, -0.1) is 0 Å². The second-order valence-corrected chi connectivity index (χ2v) is 2.95. The summed E-state index contributed by atoms with van der Waals surface area (Å²) in [5.74, 6) is -1.15. The van der Waals surface area contributed by atoms with Gasteiger partial charge >= 0.3 is 5.97 Å². The molecule has 68 valence electrons. The molecule has 1 heterocycles. The van der Waals surface area contributed by atoms with Crippen LogP contribution in [0.5, 0.6) is 0 Å². The van der Waals surface area contributed by atoms with Gasteiger partial charge in [-0.3, -0.25) is 9.59 Å². The van der Waals surface area contributed by atoms with Gasteiger partial charge in [0.1, 0.15) is 5.92 Å². The number of hydrogen-bond donors (Lipinski definition) is 1. The van der Waals surface area contributed by atoms with Crippen LogP contribution in [-0.2, 0) is 14.3 Å². The first-order chi connectivity index (χ1) is 5.66. The van der Waals surface area contributed by atoms with Crippen molar-refractivity contribution in [2.24, 2.45) is 11.8 Å². The molecule has 4 heteroatoms. The largest absolute Gasteiger partial charge is 0.465 e. The summed E-state index contributed by atoms with van der Waals surface area (Å²) in [6, 6.07) is 0. The fourth-order valence-corrected chi connectivity index (χ4v) is 1.32. The molecule has 1 aliphatic heterocycles. The second kappa shape index (κ2) is 3.56. The van der Waals surface area contributed by atoms with E-state index in [2.05, 4.69) is 5.32 Å². The van der Waals surface area contributed by atoms with Crippen molar-refractivity contribution in [3.8, 4) is 0 Å². The van der Waals surface area contributed by atoms with Crippen molar-refractivity contribution in [3.63, 3.8) is 0 Å². The number of carbonyl (C=O) groups is 2. The van der Waals surface area contributed by atoms with Crippen molar-refractivity contribution >= 4 is 11.9 Å². The van der Waals surface area contributed by atoms with Crippen molar-refractivity contribution in [1.29, 1.82) is 0 Å². The van der Waals surface area contributed by atoms with Crippen LogP contribution in [0, 0.1) is 11.8 Å². The Labute approximate surface area is 71.3 Å². The third-order valence-corrected chi connectivity index (χ3v) is 1.99. The summed E-state index contributed by atoms with van der Waals surface area (Å²) < 4.78 is 4.77. The van der Waals surface area contributed by atoms with Gasteiger partial charge in [0.05, 0.1) is 6.61 Å². The fraction of sp³-hybridized carbons (Fsp3) is 0.750. The molecule has 0 spiro atoms. The number of hydrogen-bond acceptors (Lipinski definition) is 3. The van der Waals surface area contributed by atoms with Gasteiger partial charge in [-0.05, 0) is 12.8 Å². The number of ether oxygens (including phenoxy) is 1. The van der Waals surface area contributed by atoms with Gasteiger partial charge in [0, 0.05) is 6.54 Å². The van der Waals surface area contributed by atoms with Crippen LogP contribution in [0.4, 0.5) is 0 Å². The minimum absolute atomic E-state index is 0.0524. The summed E-state index contributed by atoms with van der Waals surface area (Å²) >= 11 is 0. The molecule has 1 N–H and O–H groups in total. The minimum atomic E-state index is -0.593. The van der Waals surface area contributed by atoms with Crippen molar-refractivity contribution in [1.82, 2.24) is 5.32 Å². The minimum Gasteiger partial charge on any atom is -0.465 e. The van der Waals surface area contributed by atoms with Gasteiger partial charge in [0.25, 0.3) is 0 Å². The lowest BCUT2D eigenvalue weighted by molar-refractivity contribution is -0.151. The van der Waals surface area contributed by atoms with Crippen LogP contribution in [0.2, 0.25) is 0 Å². The SMILES string of the molecule is CCOC(=O)[C@H]1C(=O)NC[C@@H]1C. The Bertz CT molecular complexity index is 202. The first-order valence-corrected chi connectivity index (χ1v) is 4.11. The van der Waals surface area contributed by atoms with E-state index in [1.807, 2.05) is 6.92 Å². The molecule has 0 aromatic heterocycles. The molecule has 0 bridgehead atoms. The Morgan fingerprint density at radius 2 is 2.42 bits per heavy atom. The summed E-state index contributed by atoms with van der Waals surface area (Å²) in [4.78, 5) is 22.3. The van der Waals surface area contributed by atoms with Crippen molar-refractivity contribution in [2.45, 2.75) is 13.8 Å². The van der Waals surface area contributed by atoms with E-state index in [-0.39, 0.29) is 11.8 Å². The molecule has 1 rings (SSSR count). The Kier molecular flexibility index (Phi) is 2.68. The Hall–Kier alpha value is -1.06. The average Bonchev–Trinajstić information content (AvgIpc) is 2.32. The number of esters is 1. The maximum absolute atomic E-state index is 11.2. The first-order valence-electron chi connectivity index (χ1n) is 4.11. The molecular weight excluding hydrogens is 158 g/mol. The lowest BCUT2D eigenvalue weighted by Gasteiger charge is -2.09. The Balaban J connectivity index is 2.59. The highest BCUT2D eigenvalue weighted by Crippen LogP contribution is 2.18. The van der Waals surface area contributed by atoms with Crippen LogP contribution in [-0.4, -0.2) is 25.0 Å². The maximum atomic E-state index is 11.2. The third kappa shape index (κ3) is 1.57. The number of nitrogens with one attached hydrogen (secondary N) is 1. The van der Waals surface area contributed by atoms with E-state index >= 15 is 0 Å². The molecule has 1 fully saturated rings. The molecular formula is C8H13NO3. The lowest BCUT2D eigenvalue weighted by Crippen LogP contribution is -2.28. The highest BCUT2D eigenvalue weighted by molar-refractivity contribution is 5.99. The van der Waals surface area contributed by atoms with E-state index in [4.69, 9.17) is 4.74 Å². The van der Waals surface area contributed by atoms with Crippen molar-refractivity contribution in [2.75, 3.05) is 13.2 Å².